The minimum Gasteiger partial charge on any atom is -0.375 e. The van der Waals surface area contributed by atoms with Crippen molar-refractivity contribution in [3.8, 4) is 0 Å². The first-order valence-electron chi connectivity index (χ1n) is 6.38. The second kappa shape index (κ2) is 6.59. The van der Waals surface area contributed by atoms with Gasteiger partial charge < -0.3 is 10.1 Å². The van der Waals surface area contributed by atoms with E-state index in [1.807, 2.05) is 30.3 Å². The summed E-state index contributed by atoms with van der Waals surface area (Å²) in [6.07, 6.45) is -0.405. The van der Waals surface area contributed by atoms with Crippen LogP contribution < -0.4 is 5.32 Å². The zero-order chi connectivity index (χ0) is 14.5. The monoisotopic (exact) mass is 277 g/mol. The summed E-state index contributed by atoms with van der Waals surface area (Å²) in [5, 5.41) is 3.00. The van der Waals surface area contributed by atoms with E-state index >= 15 is 0 Å². The normalized spacial score (nSPS) is 14.0. The second-order valence-electron chi connectivity index (χ2n) is 4.48. The maximum Gasteiger partial charge on any atom is 0.163 e. The van der Waals surface area contributed by atoms with Gasteiger partial charge in [-0.1, -0.05) is 42.5 Å². The van der Waals surface area contributed by atoms with Crippen LogP contribution in [0, 0.1) is 11.6 Å². The van der Waals surface area contributed by atoms with E-state index in [9.17, 15) is 8.78 Å². The lowest BCUT2D eigenvalue weighted by Gasteiger charge is -2.27. The topological polar surface area (TPSA) is 21.3 Å². The van der Waals surface area contributed by atoms with Crippen LogP contribution in [0.4, 0.5) is 8.78 Å². The van der Waals surface area contributed by atoms with E-state index in [0.717, 1.165) is 11.6 Å². The molecule has 4 heteroatoms. The second-order valence-corrected chi connectivity index (χ2v) is 4.48. The van der Waals surface area contributed by atoms with Crippen LogP contribution in [0.15, 0.2) is 48.5 Å². The van der Waals surface area contributed by atoms with Gasteiger partial charge in [0.2, 0.25) is 0 Å². The highest BCUT2D eigenvalue weighted by molar-refractivity contribution is 5.28. The molecule has 2 aromatic rings. The summed E-state index contributed by atoms with van der Waals surface area (Å²) < 4.78 is 32.9. The summed E-state index contributed by atoms with van der Waals surface area (Å²) in [5.41, 5.74) is 1.15. The van der Waals surface area contributed by atoms with Crippen LogP contribution in [0.3, 0.4) is 0 Å². The Morgan fingerprint density at radius 1 is 1.00 bits per heavy atom. The summed E-state index contributed by atoms with van der Waals surface area (Å²) in [5.74, 6) is -1.70. The Bertz CT molecular complexity index is 560. The van der Waals surface area contributed by atoms with Crippen molar-refractivity contribution in [3.05, 3.63) is 71.3 Å². The molecular formula is C16H17F2NO. The Labute approximate surface area is 117 Å². The lowest BCUT2D eigenvalue weighted by Crippen LogP contribution is -2.26. The third-order valence-electron chi connectivity index (χ3n) is 3.31. The molecule has 0 amide bonds. The first-order chi connectivity index (χ1) is 9.69. The third kappa shape index (κ3) is 2.86. The summed E-state index contributed by atoms with van der Waals surface area (Å²) >= 11 is 0. The minimum atomic E-state index is -0.856. The van der Waals surface area contributed by atoms with Crippen molar-refractivity contribution in [2.75, 3.05) is 14.2 Å². The zero-order valence-electron chi connectivity index (χ0n) is 11.4. The van der Waals surface area contributed by atoms with Gasteiger partial charge >= 0.3 is 0 Å². The zero-order valence-corrected chi connectivity index (χ0v) is 11.4. The average Bonchev–Trinajstić information content (AvgIpc) is 2.49. The molecule has 0 aliphatic rings. The highest BCUT2D eigenvalue weighted by Crippen LogP contribution is 2.33. The van der Waals surface area contributed by atoms with Crippen molar-refractivity contribution in [3.63, 3.8) is 0 Å². The van der Waals surface area contributed by atoms with Gasteiger partial charge in [0.05, 0.1) is 6.04 Å². The van der Waals surface area contributed by atoms with Crippen LogP contribution in [0.2, 0.25) is 0 Å². The first-order valence-corrected chi connectivity index (χ1v) is 6.38. The molecule has 0 bridgehead atoms. The summed E-state index contributed by atoms with van der Waals surface area (Å²) in [6, 6.07) is 13.2. The maximum atomic E-state index is 14.0. The van der Waals surface area contributed by atoms with Crippen molar-refractivity contribution < 1.29 is 13.5 Å². The number of ether oxygens (including phenoxy) is 1. The molecule has 2 unspecified atom stereocenters. The lowest BCUT2D eigenvalue weighted by atomic mass is 9.95. The predicted molar refractivity (Wildman–Crippen MR) is 74.4 cm³/mol. The highest BCUT2D eigenvalue weighted by atomic mass is 19.2. The quantitative estimate of drug-likeness (QED) is 0.901. The largest absolute Gasteiger partial charge is 0.375 e. The maximum absolute atomic E-state index is 14.0. The minimum absolute atomic E-state index is 0.253. The Kier molecular flexibility index (Phi) is 4.82. The Hall–Kier alpha value is -1.78. The number of halogens is 2. The number of rotatable bonds is 5. The molecular weight excluding hydrogens is 260 g/mol. The summed E-state index contributed by atoms with van der Waals surface area (Å²) in [7, 11) is 3.25. The number of hydrogen-bond donors (Lipinski definition) is 1. The predicted octanol–water partition coefficient (Wildman–Crippen LogP) is 3.61. The van der Waals surface area contributed by atoms with Gasteiger partial charge in [-0.05, 0) is 18.7 Å². The van der Waals surface area contributed by atoms with Gasteiger partial charge in [0.1, 0.15) is 6.10 Å². The van der Waals surface area contributed by atoms with Crippen molar-refractivity contribution in [2.45, 2.75) is 12.1 Å². The highest BCUT2D eigenvalue weighted by Gasteiger charge is 2.26. The molecule has 1 N–H and O–H groups in total. The molecule has 0 fully saturated rings. The van der Waals surface area contributed by atoms with Crippen LogP contribution >= 0.6 is 0 Å². The van der Waals surface area contributed by atoms with E-state index in [1.54, 1.807) is 20.2 Å². The van der Waals surface area contributed by atoms with Gasteiger partial charge in [0, 0.05) is 12.7 Å². The Morgan fingerprint density at radius 2 is 1.70 bits per heavy atom. The number of methoxy groups -OCH3 is 1. The van der Waals surface area contributed by atoms with Crippen molar-refractivity contribution >= 4 is 0 Å². The van der Waals surface area contributed by atoms with Gasteiger partial charge in [-0.25, -0.2) is 8.78 Å². The van der Waals surface area contributed by atoms with Gasteiger partial charge in [-0.2, -0.15) is 0 Å². The number of benzene rings is 2. The molecule has 0 aliphatic carbocycles. The van der Waals surface area contributed by atoms with Crippen molar-refractivity contribution in [2.24, 2.45) is 0 Å². The van der Waals surface area contributed by atoms with Gasteiger partial charge in [0.25, 0.3) is 0 Å². The molecule has 0 saturated carbocycles. The molecule has 20 heavy (non-hydrogen) atoms. The van der Waals surface area contributed by atoms with Crippen LogP contribution in [0.5, 0.6) is 0 Å². The van der Waals surface area contributed by atoms with Crippen LogP contribution in [0.1, 0.15) is 23.3 Å². The fraction of sp³-hybridized carbons (Fsp3) is 0.250. The van der Waals surface area contributed by atoms with E-state index in [2.05, 4.69) is 5.32 Å². The third-order valence-corrected chi connectivity index (χ3v) is 3.31. The lowest BCUT2D eigenvalue weighted by molar-refractivity contribution is 0.0688. The fourth-order valence-corrected chi connectivity index (χ4v) is 2.34. The molecule has 0 saturated heterocycles. The van der Waals surface area contributed by atoms with Gasteiger partial charge in [0.15, 0.2) is 11.6 Å². The van der Waals surface area contributed by atoms with Gasteiger partial charge in [-0.15, -0.1) is 0 Å². The number of likely N-dealkylation sites (N-methyl/N-ethyl adjacent to an activating group) is 1. The van der Waals surface area contributed by atoms with E-state index in [-0.39, 0.29) is 5.56 Å². The van der Waals surface area contributed by atoms with E-state index in [4.69, 9.17) is 4.74 Å². The van der Waals surface area contributed by atoms with Gasteiger partial charge in [-0.3, -0.25) is 0 Å². The van der Waals surface area contributed by atoms with E-state index in [1.165, 1.54) is 6.07 Å². The van der Waals surface area contributed by atoms with Crippen LogP contribution in [-0.2, 0) is 4.74 Å². The van der Waals surface area contributed by atoms with Crippen LogP contribution in [-0.4, -0.2) is 14.2 Å². The van der Waals surface area contributed by atoms with E-state index < -0.39 is 23.8 Å². The molecule has 0 radical (unpaired) electrons. The Morgan fingerprint density at radius 3 is 2.30 bits per heavy atom. The molecule has 2 atom stereocenters. The SMILES string of the molecule is CNC(c1cccc(F)c1F)C(OC)c1ccccc1. The smallest absolute Gasteiger partial charge is 0.163 e. The molecule has 0 heterocycles. The van der Waals surface area contributed by atoms with E-state index in [0.29, 0.717) is 0 Å². The number of nitrogens with one attached hydrogen (secondary N) is 1. The molecule has 2 rings (SSSR count). The molecule has 106 valence electrons. The molecule has 2 aromatic carbocycles. The Balaban J connectivity index is 2.42. The molecule has 0 aliphatic heterocycles. The molecule has 0 aromatic heterocycles. The first kappa shape index (κ1) is 14.6. The standard InChI is InChI=1S/C16H17F2NO/c1-19-15(12-9-6-10-13(17)14(12)18)16(20-2)11-7-4-3-5-8-11/h3-10,15-16,19H,1-2H3. The average molecular weight is 277 g/mol. The fourth-order valence-electron chi connectivity index (χ4n) is 2.34. The van der Waals surface area contributed by atoms with Crippen molar-refractivity contribution in [1.29, 1.82) is 0 Å². The molecule has 2 nitrogen and oxygen atoms in total. The summed E-state index contributed by atoms with van der Waals surface area (Å²) in [4.78, 5) is 0. The van der Waals surface area contributed by atoms with Crippen molar-refractivity contribution in [1.82, 2.24) is 5.32 Å². The molecule has 0 spiro atoms. The van der Waals surface area contributed by atoms with Crippen LogP contribution in [0.25, 0.3) is 0 Å². The number of hydrogen-bond acceptors (Lipinski definition) is 2. The summed E-state index contributed by atoms with van der Waals surface area (Å²) in [6.45, 7) is 0.